The number of hydrogen-bond donors (Lipinski definition) is 2. The Morgan fingerprint density at radius 2 is 1.83 bits per heavy atom. The number of H-pyrrole nitrogens is 1. The van der Waals surface area contributed by atoms with E-state index in [-0.39, 0.29) is 5.91 Å². The van der Waals surface area contributed by atoms with Gasteiger partial charge in [0.05, 0.1) is 0 Å². The van der Waals surface area contributed by atoms with E-state index in [1.165, 1.54) is 0 Å². The number of pyridine rings is 1. The van der Waals surface area contributed by atoms with Crippen molar-refractivity contribution >= 4 is 5.91 Å². The molecular weight excluding hydrogens is 376 g/mol. The SMILES string of the molecule is CC(C)c1cc(C(=O)NCc2ccc(-c3nn(C)cc3-c3ccncc3)cc2)n[nH]1. The van der Waals surface area contributed by atoms with Crippen LogP contribution in [0.25, 0.3) is 22.4 Å². The Morgan fingerprint density at radius 3 is 2.50 bits per heavy atom. The molecule has 0 bridgehead atoms. The highest BCUT2D eigenvalue weighted by molar-refractivity contribution is 5.92. The van der Waals surface area contributed by atoms with Crippen LogP contribution in [0.15, 0.2) is 61.1 Å². The Kier molecular flexibility index (Phi) is 5.43. The molecule has 4 rings (SSSR count). The molecule has 152 valence electrons. The van der Waals surface area contributed by atoms with Gasteiger partial charge in [-0.25, -0.2) is 0 Å². The molecule has 0 fully saturated rings. The normalized spacial score (nSPS) is 11.1. The van der Waals surface area contributed by atoms with E-state index in [1.807, 2.05) is 54.3 Å². The zero-order valence-corrected chi connectivity index (χ0v) is 17.3. The molecule has 30 heavy (non-hydrogen) atoms. The van der Waals surface area contributed by atoms with E-state index < -0.39 is 0 Å². The molecule has 0 atom stereocenters. The standard InChI is InChI=1S/C23H24N6O/c1-15(2)20-12-21(27-26-20)23(30)25-13-16-4-6-18(7-5-16)22-19(14-29(3)28-22)17-8-10-24-11-9-17/h4-12,14-15H,13H2,1-3H3,(H,25,30)(H,26,27). The summed E-state index contributed by atoms with van der Waals surface area (Å²) in [6, 6.07) is 13.8. The third kappa shape index (κ3) is 4.15. The average Bonchev–Trinajstić information content (AvgIpc) is 3.40. The van der Waals surface area contributed by atoms with Gasteiger partial charge in [-0.1, -0.05) is 38.1 Å². The van der Waals surface area contributed by atoms with Crippen LogP contribution in [0.5, 0.6) is 0 Å². The number of aryl methyl sites for hydroxylation is 1. The van der Waals surface area contributed by atoms with Crippen LogP contribution in [-0.2, 0) is 13.6 Å². The summed E-state index contributed by atoms with van der Waals surface area (Å²) in [7, 11) is 1.91. The predicted octanol–water partition coefficient (Wildman–Crippen LogP) is 3.93. The molecule has 1 aromatic carbocycles. The number of aromatic nitrogens is 5. The number of amides is 1. The van der Waals surface area contributed by atoms with Gasteiger partial charge in [0.2, 0.25) is 0 Å². The lowest BCUT2D eigenvalue weighted by atomic mass is 10.0. The first-order valence-corrected chi connectivity index (χ1v) is 9.88. The monoisotopic (exact) mass is 400 g/mol. The molecule has 0 aliphatic carbocycles. The molecule has 4 aromatic rings. The smallest absolute Gasteiger partial charge is 0.272 e. The van der Waals surface area contributed by atoms with Crippen molar-refractivity contribution in [2.24, 2.45) is 7.05 Å². The number of hydrogen-bond acceptors (Lipinski definition) is 4. The number of carbonyl (C=O) groups excluding carboxylic acids is 1. The van der Waals surface area contributed by atoms with Gasteiger partial charge in [0.25, 0.3) is 5.91 Å². The van der Waals surface area contributed by atoms with Gasteiger partial charge in [-0.15, -0.1) is 0 Å². The Bertz CT molecular complexity index is 1140. The summed E-state index contributed by atoms with van der Waals surface area (Å²) in [4.78, 5) is 16.4. The highest BCUT2D eigenvalue weighted by atomic mass is 16.1. The third-order valence-corrected chi connectivity index (χ3v) is 4.95. The van der Waals surface area contributed by atoms with Crippen molar-refractivity contribution in [3.63, 3.8) is 0 Å². The van der Waals surface area contributed by atoms with E-state index in [0.29, 0.717) is 18.2 Å². The largest absolute Gasteiger partial charge is 0.347 e. The van der Waals surface area contributed by atoms with Crippen molar-refractivity contribution in [2.75, 3.05) is 0 Å². The van der Waals surface area contributed by atoms with Crippen LogP contribution in [-0.4, -0.2) is 30.9 Å². The van der Waals surface area contributed by atoms with Gasteiger partial charge < -0.3 is 5.32 Å². The molecule has 0 spiro atoms. The minimum Gasteiger partial charge on any atom is -0.347 e. The van der Waals surface area contributed by atoms with Crippen molar-refractivity contribution in [3.05, 3.63) is 78.0 Å². The molecule has 2 N–H and O–H groups in total. The van der Waals surface area contributed by atoms with Crippen LogP contribution in [0.4, 0.5) is 0 Å². The highest BCUT2D eigenvalue weighted by Crippen LogP contribution is 2.30. The van der Waals surface area contributed by atoms with E-state index in [9.17, 15) is 4.79 Å². The van der Waals surface area contributed by atoms with Gasteiger partial charge >= 0.3 is 0 Å². The summed E-state index contributed by atoms with van der Waals surface area (Å²) in [5.74, 6) is 0.113. The molecule has 7 heteroatoms. The number of carbonyl (C=O) groups is 1. The maximum Gasteiger partial charge on any atom is 0.272 e. The molecule has 3 heterocycles. The second-order valence-electron chi connectivity index (χ2n) is 7.54. The molecule has 0 saturated heterocycles. The Labute approximate surface area is 175 Å². The van der Waals surface area contributed by atoms with Crippen molar-refractivity contribution in [1.82, 2.24) is 30.3 Å². The van der Waals surface area contributed by atoms with Crippen molar-refractivity contribution in [2.45, 2.75) is 26.3 Å². The number of rotatable bonds is 6. The van der Waals surface area contributed by atoms with Crippen LogP contribution >= 0.6 is 0 Å². The summed E-state index contributed by atoms with van der Waals surface area (Å²) < 4.78 is 1.81. The Balaban J connectivity index is 1.47. The number of nitrogens with zero attached hydrogens (tertiary/aromatic N) is 4. The van der Waals surface area contributed by atoms with Crippen molar-refractivity contribution in [1.29, 1.82) is 0 Å². The lowest BCUT2D eigenvalue weighted by Gasteiger charge is -2.06. The zero-order valence-electron chi connectivity index (χ0n) is 17.3. The lowest BCUT2D eigenvalue weighted by molar-refractivity contribution is 0.0946. The minimum absolute atomic E-state index is 0.188. The minimum atomic E-state index is -0.188. The topological polar surface area (TPSA) is 88.5 Å². The summed E-state index contributed by atoms with van der Waals surface area (Å²) in [6.45, 7) is 4.54. The molecule has 1 amide bonds. The first kappa shape index (κ1) is 19.6. The number of nitrogens with one attached hydrogen (secondary N) is 2. The van der Waals surface area contributed by atoms with Gasteiger partial charge in [0.15, 0.2) is 0 Å². The van der Waals surface area contributed by atoms with Crippen LogP contribution in [0.3, 0.4) is 0 Å². The van der Waals surface area contributed by atoms with E-state index in [2.05, 4.69) is 39.4 Å². The third-order valence-electron chi connectivity index (χ3n) is 4.95. The maximum absolute atomic E-state index is 12.3. The Morgan fingerprint density at radius 1 is 1.10 bits per heavy atom. The maximum atomic E-state index is 12.3. The number of benzene rings is 1. The summed E-state index contributed by atoms with van der Waals surface area (Å²) in [6.07, 6.45) is 5.57. The molecular formula is C23H24N6O. The second-order valence-corrected chi connectivity index (χ2v) is 7.54. The molecule has 7 nitrogen and oxygen atoms in total. The van der Waals surface area contributed by atoms with Crippen LogP contribution < -0.4 is 5.32 Å². The van der Waals surface area contributed by atoms with Crippen molar-refractivity contribution < 1.29 is 4.79 Å². The number of aromatic amines is 1. The van der Waals surface area contributed by atoms with Crippen molar-refractivity contribution in [3.8, 4) is 22.4 Å². The average molecular weight is 400 g/mol. The van der Waals surface area contributed by atoms with E-state index in [4.69, 9.17) is 0 Å². The highest BCUT2D eigenvalue weighted by Gasteiger charge is 2.14. The summed E-state index contributed by atoms with van der Waals surface area (Å²) in [5.41, 5.74) is 6.43. The first-order chi connectivity index (χ1) is 14.5. The lowest BCUT2D eigenvalue weighted by Crippen LogP contribution is -2.23. The second kappa shape index (κ2) is 8.32. The van der Waals surface area contributed by atoms with Gasteiger partial charge in [-0.05, 0) is 35.2 Å². The zero-order chi connectivity index (χ0) is 21.1. The fourth-order valence-electron chi connectivity index (χ4n) is 3.25. The molecule has 0 unspecified atom stereocenters. The fraction of sp³-hybridized carbons (Fsp3) is 0.217. The van der Waals surface area contributed by atoms with E-state index in [1.54, 1.807) is 18.5 Å². The van der Waals surface area contributed by atoms with Crippen LogP contribution in [0.2, 0.25) is 0 Å². The first-order valence-electron chi connectivity index (χ1n) is 9.88. The van der Waals surface area contributed by atoms with Gasteiger partial charge in [-0.3, -0.25) is 19.6 Å². The quantitative estimate of drug-likeness (QED) is 0.513. The van der Waals surface area contributed by atoms with Gasteiger partial charge in [-0.2, -0.15) is 10.2 Å². The molecule has 0 saturated carbocycles. The fourth-order valence-corrected chi connectivity index (χ4v) is 3.25. The Hall–Kier alpha value is -3.74. The van der Waals surface area contributed by atoms with Crippen LogP contribution in [0, 0.1) is 0 Å². The molecule has 0 aliphatic heterocycles. The van der Waals surface area contributed by atoms with E-state index >= 15 is 0 Å². The molecule has 0 radical (unpaired) electrons. The molecule has 0 aliphatic rings. The summed E-state index contributed by atoms with van der Waals surface area (Å²) in [5, 5.41) is 14.6. The van der Waals surface area contributed by atoms with Crippen LogP contribution in [0.1, 0.15) is 41.5 Å². The van der Waals surface area contributed by atoms with Gasteiger partial charge in [0.1, 0.15) is 11.4 Å². The predicted molar refractivity (Wildman–Crippen MR) is 116 cm³/mol. The summed E-state index contributed by atoms with van der Waals surface area (Å²) >= 11 is 0. The van der Waals surface area contributed by atoms with Gasteiger partial charge in [0, 0.05) is 49.0 Å². The van der Waals surface area contributed by atoms with E-state index in [0.717, 1.165) is 33.6 Å². The molecule has 3 aromatic heterocycles.